The number of rotatable bonds is 5. The molecule has 2 aromatic carbocycles. The molecule has 2 aromatic rings. The molecule has 0 aliphatic heterocycles. The van der Waals surface area contributed by atoms with Crippen LogP contribution in [0.15, 0.2) is 54.6 Å². The quantitative estimate of drug-likeness (QED) is 0.813. The summed E-state index contributed by atoms with van der Waals surface area (Å²) >= 11 is 0. The standard InChI is InChI=1S/C18H20FNO/c1-14(16-10-6-7-11-17(16)19)20(2)18(21)13-12-15-8-4-3-5-9-15/h3-11,14H,12-13H2,1-2H3. The molecule has 0 radical (unpaired) electrons. The Kier molecular flexibility index (Phi) is 5.09. The summed E-state index contributed by atoms with van der Waals surface area (Å²) in [7, 11) is 1.73. The Morgan fingerprint density at radius 2 is 1.71 bits per heavy atom. The van der Waals surface area contributed by atoms with E-state index in [0.29, 0.717) is 18.4 Å². The van der Waals surface area contributed by atoms with E-state index in [1.54, 1.807) is 30.1 Å². The Bertz CT molecular complexity index is 597. The van der Waals surface area contributed by atoms with Crippen LogP contribution in [0.5, 0.6) is 0 Å². The minimum Gasteiger partial charge on any atom is -0.339 e. The van der Waals surface area contributed by atoms with Crippen LogP contribution in [0.1, 0.15) is 30.5 Å². The zero-order valence-electron chi connectivity index (χ0n) is 12.4. The number of hydrogen-bond acceptors (Lipinski definition) is 1. The topological polar surface area (TPSA) is 20.3 Å². The van der Waals surface area contributed by atoms with Crippen LogP contribution in [0.25, 0.3) is 0 Å². The highest BCUT2D eigenvalue weighted by Gasteiger charge is 2.19. The number of aryl methyl sites for hydroxylation is 1. The molecular weight excluding hydrogens is 265 g/mol. The number of halogens is 1. The molecule has 2 nitrogen and oxygen atoms in total. The summed E-state index contributed by atoms with van der Waals surface area (Å²) in [4.78, 5) is 13.9. The number of carbonyl (C=O) groups is 1. The van der Waals surface area contributed by atoms with Gasteiger partial charge in [-0.2, -0.15) is 0 Å². The first-order chi connectivity index (χ1) is 10.1. The van der Waals surface area contributed by atoms with Gasteiger partial charge in [-0.15, -0.1) is 0 Å². The molecule has 1 atom stereocenters. The first-order valence-corrected chi connectivity index (χ1v) is 7.13. The molecule has 1 amide bonds. The lowest BCUT2D eigenvalue weighted by molar-refractivity contribution is -0.131. The van der Waals surface area contributed by atoms with Gasteiger partial charge < -0.3 is 4.90 Å². The summed E-state index contributed by atoms with van der Waals surface area (Å²) in [5.74, 6) is -0.248. The van der Waals surface area contributed by atoms with E-state index in [-0.39, 0.29) is 17.8 Å². The fourth-order valence-electron chi connectivity index (χ4n) is 2.31. The third kappa shape index (κ3) is 3.91. The van der Waals surface area contributed by atoms with Gasteiger partial charge in [-0.3, -0.25) is 4.79 Å². The van der Waals surface area contributed by atoms with Gasteiger partial charge in [0.1, 0.15) is 5.82 Å². The smallest absolute Gasteiger partial charge is 0.223 e. The Labute approximate surface area is 125 Å². The van der Waals surface area contributed by atoms with Crippen LogP contribution in [0.3, 0.4) is 0 Å². The van der Waals surface area contributed by atoms with Crippen LogP contribution in [0, 0.1) is 5.82 Å². The molecular formula is C18H20FNO. The van der Waals surface area contributed by atoms with Crippen molar-refractivity contribution in [3.05, 3.63) is 71.5 Å². The summed E-state index contributed by atoms with van der Waals surface area (Å²) in [5, 5.41) is 0. The molecule has 0 fully saturated rings. The lowest BCUT2D eigenvalue weighted by atomic mass is 10.1. The first-order valence-electron chi connectivity index (χ1n) is 7.13. The first kappa shape index (κ1) is 15.2. The highest BCUT2D eigenvalue weighted by molar-refractivity contribution is 5.76. The minimum absolute atomic E-state index is 0.0228. The van der Waals surface area contributed by atoms with Crippen LogP contribution in [-0.4, -0.2) is 17.9 Å². The normalized spacial score (nSPS) is 12.0. The molecule has 3 heteroatoms. The van der Waals surface area contributed by atoms with E-state index < -0.39 is 0 Å². The molecule has 0 saturated carbocycles. The van der Waals surface area contributed by atoms with Gasteiger partial charge in [-0.1, -0.05) is 48.5 Å². The number of nitrogens with zero attached hydrogens (tertiary/aromatic N) is 1. The minimum atomic E-state index is -0.271. The van der Waals surface area contributed by atoms with Crippen molar-refractivity contribution >= 4 is 5.91 Å². The maximum absolute atomic E-state index is 13.8. The lowest BCUT2D eigenvalue weighted by Crippen LogP contribution is -2.30. The van der Waals surface area contributed by atoms with Gasteiger partial charge in [0.25, 0.3) is 0 Å². The fourth-order valence-corrected chi connectivity index (χ4v) is 2.31. The predicted octanol–water partition coefficient (Wildman–Crippen LogP) is 3.98. The van der Waals surface area contributed by atoms with Crippen molar-refractivity contribution in [2.75, 3.05) is 7.05 Å². The third-order valence-corrected chi connectivity index (χ3v) is 3.80. The van der Waals surface area contributed by atoms with E-state index in [1.807, 2.05) is 37.3 Å². The molecule has 0 N–H and O–H groups in total. The molecule has 2 rings (SSSR count). The summed E-state index contributed by atoms with van der Waals surface area (Å²) in [6.45, 7) is 1.85. The van der Waals surface area contributed by atoms with Crippen LogP contribution in [0.4, 0.5) is 4.39 Å². The highest BCUT2D eigenvalue weighted by atomic mass is 19.1. The second kappa shape index (κ2) is 7.02. The molecule has 0 spiro atoms. The van der Waals surface area contributed by atoms with Gasteiger partial charge in [0.15, 0.2) is 0 Å². The van der Waals surface area contributed by atoms with Crippen LogP contribution in [0.2, 0.25) is 0 Å². The number of hydrogen-bond donors (Lipinski definition) is 0. The van der Waals surface area contributed by atoms with Crippen LogP contribution >= 0.6 is 0 Å². The molecule has 0 aromatic heterocycles. The lowest BCUT2D eigenvalue weighted by Gasteiger charge is -2.25. The summed E-state index contributed by atoms with van der Waals surface area (Å²) < 4.78 is 13.8. The van der Waals surface area contributed by atoms with Crippen molar-refractivity contribution in [2.45, 2.75) is 25.8 Å². The Hall–Kier alpha value is -2.16. The van der Waals surface area contributed by atoms with Crippen molar-refractivity contribution in [2.24, 2.45) is 0 Å². The number of amides is 1. The van der Waals surface area contributed by atoms with E-state index >= 15 is 0 Å². The molecule has 1 unspecified atom stereocenters. The Morgan fingerprint density at radius 1 is 1.10 bits per heavy atom. The molecule has 0 aliphatic carbocycles. The SMILES string of the molecule is CC(c1ccccc1F)N(C)C(=O)CCc1ccccc1. The Balaban J connectivity index is 1.97. The fraction of sp³-hybridized carbons (Fsp3) is 0.278. The largest absolute Gasteiger partial charge is 0.339 e. The molecule has 0 aliphatic rings. The number of benzene rings is 2. The van der Waals surface area contributed by atoms with E-state index in [9.17, 15) is 9.18 Å². The van der Waals surface area contributed by atoms with Crippen LogP contribution < -0.4 is 0 Å². The van der Waals surface area contributed by atoms with Crippen molar-refractivity contribution in [1.29, 1.82) is 0 Å². The summed E-state index contributed by atoms with van der Waals surface area (Å²) in [5.41, 5.74) is 1.69. The van der Waals surface area contributed by atoms with Gasteiger partial charge in [0, 0.05) is 19.0 Å². The van der Waals surface area contributed by atoms with Crippen LogP contribution in [-0.2, 0) is 11.2 Å². The van der Waals surface area contributed by atoms with E-state index in [2.05, 4.69) is 0 Å². The van der Waals surface area contributed by atoms with E-state index in [4.69, 9.17) is 0 Å². The van der Waals surface area contributed by atoms with E-state index in [0.717, 1.165) is 5.56 Å². The van der Waals surface area contributed by atoms with Crippen molar-refractivity contribution in [3.8, 4) is 0 Å². The van der Waals surface area contributed by atoms with Crippen molar-refractivity contribution < 1.29 is 9.18 Å². The third-order valence-electron chi connectivity index (χ3n) is 3.80. The van der Waals surface area contributed by atoms with Gasteiger partial charge in [-0.05, 0) is 25.0 Å². The van der Waals surface area contributed by atoms with Gasteiger partial charge in [0.05, 0.1) is 6.04 Å². The molecule has 21 heavy (non-hydrogen) atoms. The van der Waals surface area contributed by atoms with Gasteiger partial charge >= 0.3 is 0 Å². The average Bonchev–Trinajstić information content (AvgIpc) is 2.52. The van der Waals surface area contributed by atoms with Gasteiger partial charge in [-0.25, -0.2) is 4.39 Å². The second-order valence-electron chi connectivity index (χ2n) is 5.19. The summed E-state index contributed by atoms with van der Waals surface area (Å²) in [6.07, 6.45) is 1.13. The molecule has 110 valence electrons. The number of carbonyl (C=O) groups excluding carboxylic acids is 1. The highest BCUT2D eigenvalue weighted by Crippen LogP contribution is 2.22. The zero-order chi connectivity index (χ0) is 15.2. The van der Waals surface area contributed by atoms with E-state index in [1.165, 1.54) is 6.07 Å². The molecule has 0 heterocycles. The Morgan fingerprint density at radius 3 is 2.38 bits per heavy atom. The predicted molar refractivity (Wildman–Crippen MR) is 82.3 cm³/mol. The molecule has 0 bridgehead atoms. The van der Waals surface area contributed by atoms with Crippen molar-refractivity contribution in [3.63, 3.8) is 0 Å². The summed E-state index contributed by atoms with van der Waals surface area (Å²) in [6, 6.07) is 16.2. The average molecular weight is 285 g/mol. The monoisotopic (exact) mass is 285 g/mol. The zero-order valence-corrected chi connectivity index (χ0v) is 12.4. The molecule has 0 saturated heterocycles. The van der Waals surface area contributed by atoms with Gasteiger partial charge in [0.2, 0.25) is 5.91 Å². The second-order valence-corrected chi connectivity index (χ2v) is 5.19. The maximum Gasteiger partial charge on any atom is 0.223 e. The van der Waals surface area contributed by atoms with Crippen molar-refractivity contribution in [1.82, 2.24) is 4.90 Å². The maximum atomic E-state index is 13.8.